The molecule has 3 nitrogen and oxygen atoms in total. The van der Waals surface area contributed by atoms with E-state index in [1.165, 1.54) is 0 Å². The van der Waals surface area contributed by atoms with Crippen LogP contribution in [0, 0.1) is 11.3 Å². The summed E-state index contributed by atoms with van der Waals surface area (Å²) in [4.78, 5) is 3.60. The lowest BCUT2D eigenvalue weighted by molar-refractivity contribution is 0.150. The van der Waals surface area contributed by atoms with Crippen LogP contribution in [-0.2, 0) is 6.42 Å². The Hall–Kier alpha value is -1.41. The molecule has 0 aliphatic carbocycles. The molecule has 0 radical (unpaired) electrons. The largest absolute Gasteiger partial charge is 0.382 e. The van der Waals surface area contributed by atoms with Crippen molar-refractivity contribution >= 4 is 17.4 Å². The number of nitrogens with zero attached hydrogens (tertiary/aromatic N) is 2. The zero-order chi connectivity index (χ0) is 10.7. The van der Waals surface area contributed by atoms with Gasteiger partial charge in [0.05, 0.1) is 17.5 Å². The molecule has 0 aliphatic rings. The number of hydrogen-bond donors (Lipinski definition) is 1. The van der Waals surface area contributed by atoms with Gasteiger partial charge in [-0.1, -0.05) is 11.6 Å². The summed E-state index contributed by atoms with van der Waals surface area (Å²) in [5.74, 6) is -0.149. The van der Waals surface area contributed by atoms with Crippen molar-refractivity contribution < 1.29 is 8.78 Å². The quantitative estimate of drug-likeness (QED) is 0.827. The molecule has 0 atom stereocenters. The summed E-state index contributed by atoms with van der Waals surface area (Å²) < 4.78 is 25.0. The minimum atomic E-state index is -2.75. The van der Waals surface area contributed by atoms with E-state index in [9.17, 15) is 8.78 Å². The smallest absolute Gasteiger partial charge is 0.265 e. The number of rotatable bonds is 2. The molecule has 0 bridgehead atoms. The summed E-state index contributed by atoms with van der Waals surface area (Å²) in [5.41, 5.74) is 4.97. The Labute approximate surface area is 84.1 Å². The van der Waals surface area contributed by atoms with Crippen LogP contribution < -0.4 is 5.73 Å². The average Bonchev–Trinajstić information content (AvgIpc) is 2.11. The molecule has 1 aromatic heterocycles. The molecule has 0 unspecified atom stereocenters. The van der Waals surface area contributed by atoms with E-state index in [1.54, 1.807) is 6.07 Å². The maximum absolute atomic E-state index is 12.5. The second-order valence-electron chi connectivity index (χ2n) is 2.53. The second kappa shape index (κ2) is 4.20. The normalized spacial score (nSPS) is 10.2. The van der Waals surface area contributed by atoms with Gasteiger partial charge in [0, 0.05) is 11.8 Å². The summed E-state index contributed by atoms with van der Waals surface area (Å²) in [6, 6.07) is 1.75. The molecular formula is C8H6ClF2N3. The van der Waals surface area contributed by atoms with Gasteiger partial charge in [0.25, 0.3) is 6.43 Å². The number of halogens is 3. The van der Waals surface area contributed by atoms with E-state index < -0.39 is 12.0 Å². The molecule has 6 heteroatoms. The topological polar surface area (TPSA) is 62.7 Å². The fourth-order valence-electron chi connectivity index (χ4n) is 1.01. The van der Waals surface area contributed by atoms with Gasteiger partial charge in [-0.05, 0) is 5.56 Å². The Morgan fingerprint density at radius 1 is 1.64 bits per heavy atom. The first-order chi connectivity index (χ1) is 6.57. The summed E-state index contributed by atoms with van der Waals surface area (Å²) in [6.45, 7) is 0. The standard InChI is InChI=1S/C8H6ClF2N3/c9-6-5(7(10)11)4(1-2-12)3-14-8(6)13/h3,7H,1H2,(H2,13,14). The molecule has 0 saturated carbocycles. The van der Waals surface area contributed by atoms with Crippen molar-refractivity contribution in [3.8, 4) is 6.07 Å². The highest BCUT2D eigenvalue weighted by atomic mass is 35.5. The van der Waals surface area contributed by atoms with Gasteiger partial charge in [-0.15, -0.1) is 0 Å². The van der Waals surface area contributed by atoms with Crippen LogP contribution in [0.1, 0.15) is 17.6 Å². The third-order valence-electron chi connectivity index (χ3n) is 1.65. The first-order valence-electron chi connectivity index (χ1n) is 3.65. The number of nitriles is 1. The van der Waals surface area contributed by atoms with Gasteiger partial charge in [-0.25, -0.2) is 13.8 Å². The van der Waals surface area contributed by atoms with Gasteiger partial charge >= 0.3 is 0 Å². The van der Waals surface area contributed by atoms with Crippen LogP contribution >= 0.6 is 11.6 Å². The maximum Gasteiger partial charge on any atom is 0.265 e. The number of hydrogen-bond acceptors (Lipinski definition) is 3. The minimum absolute atomic E-state index is 0.113. The predicted octanol–water partition coefficient (Wildman–Crippen LogP) is 2.32. The maximum atomic E-state index is 12.5. The molecule has 1 rings (SSSR count). The molecule has 0 amide bonds. The number of alkyl halides is 2. The predicted molar refractivity (Wildman–Crippen MR) is 47.9 cm³/mol. The Balaban J connectivity index is 3.31. The Morgan fingerprint density at radius 3 is 2.79 bits per heavy atom. The molecule has 1 heterocycles. The number of pyridine rings is 1. The summed E-state index contributed by atoms with van der Waals surface area (Å²) in [5, 5.41) is 8.12. The third-order valence-corrected chi connectivity index (χ3v) is 2.05. The van der Waals surface area contributed by atoms with Crippen molar-refractivity contribution in [2.45, 2.75) is 12.8 Å². The van der Waals surface area contributed by atoms with Crippen molar-refractivity contribution in [2.75, 3.05) is 5.73 Å². The van der Waals surface area contributed by atoms with Gasteiger partial charge in [0.1, 0.15) is 5.82 Å². The van der Waals surface area contributed by atoms with Crippen molar-refractivity contribution in [1.82, 2.24) is 4.98 Å². The first-order valence-corrected chi connectivity index (χ1v) is 4.03. The fraction of sp³-hybridized carbons (Fsp3) is 0.250. The van der Waals surface area contributed by atoms with Crippen LogP contribution in [-0.4, -0.2) is 4.98 Å². The molecular weight excluding hydrogens is 212 g/mol. The van der Waals surface area contributed by atoms with Gasteiger partial charge in [-0.3, -0.25) is 0 Å². The van der Waals surface area contributed by atoms with Gasteiger partial charge in [0.15, 0.2) is 0 Å². The lowest BCUT2D eigenvalue weighted by atomic mass is 10.1. The van der Waals surface area contributed by atoms with Gasteiger partial charge in [-0.2, -0.15) is 5.26 Å². The van der Waals surface area contributed by atoms with E-state index in [-0.39, 0.29) is 22.8 Å². The first kappa shape index (κ1) is 10.7. The van der Waals surface area contributed by atoms with Crippen LogP contribution in [0.5, 0.6) is 0 Å². The fourth-order valence-corrected chi connectivity index (χ4v) is 1.27. The van der Waals surface area contributed by atoms with Crippen molar-refractivity contribution in [3.63, 3.8) is 0 Å². The van der Waals surface area contributed by atoms with Crippen LogP contribution in [0.15, 0.2) is 6.20 Å². The number of anilines is 1. The molecule has 0 aromatic carbocycles. The van der Waals surface area contributed by atoms with E-state index in [0.717, 1.165) is 6.20 Å². The highest BCUT2D eigenvalue weighted by Gasteiger charge is 2.19. The van der Waals surface area contributed by atoms with Gasteiger partial charge in [0.2, 0.25) is 0 Å². The highest BCUT2D eigenvalue weighted by molar-refractivity contribution is 6.33. The van der Waals surface area contributed by atoms with E-state index in [0.29, 0.717) is 0 Å². The van der Waals surface area contributed by atoms with Crippen molar-refractivity contribution in [1.29, 1.82) is 5.26 Å². The molecule has 0 aliphatic heterocycles. The van der Waals surface area contributed by atoms with E-state index in [1.807, 2.05) is 0 Å². The summed E-state index contributed by atoms with van der Waals surface area (Å²) in [7, 11) is 0. The third kappa shape index (κ3) is 1.91. The number of aromatic nitrogens is 1. The monoisotopic (exact) mass is 217 g/mol. The Bertz CT molecular complexity index is 387. The van der Waals surface area contributed by atoms with E-state index >= 15 is 0 Å². The average molecular weight is 218 g/mol. The molecule has 0 spiro atoms. The zero-order valence-corrected chi connectivity index (χ0v) is 7.72. The lowest BCUT2D eigenvalue weighted by Gasteiger charge is -2.08. The highest BCUT2D eigenvalue weighted by Crippen LogP contribution is 2.33. The Kier molecular flexibility index (Phi) is 3.20. The van der Waals surface area contributed by atoms with E-state index in [2.05, 4.69) is 4.98 Å². The molecule has 14 heavy (non-hydrogen) atoms. The molecule has 0 fully saturated rings. The zero-order valence-electron chi connectivity index (χ0n) is 6.97. The van der Waals surface area contributed by atoms with Crippen molar-refractivity contribution in [3.05, 3.63) is 22.3 Å². The van der Waals surface area contributed by atoms with Crippen LogP contribution in [0.25, 0.3) is 0 Å². The summed E-state index contributed by atoms with van der Waals surface area (Å²) in [6.07, 6.45) is -1.77. The van der Waals surface area contributed by atoms with Gasteiger partial charge < -0.3 is 5.73 Å². The number of nitrogens with two attached hydrogens (primary N) is 1. The Morgan fingerprint density at radius 2 is 2.29 bits per heavy atom. The molecule has 2 N–H and O–H groups in total. The van der Waals surface area contributed by atoms with Crippen LogP contribution in [0.4, 0.5) is 14.6 Å². The van der Waals surface area contributed by atoms with Crippen LogP contribution in [0.3, 0.4) is 0 Å². The SMILES string of the molecule is N#CCc1cnc(N)c(Cl)c1C(F)F. The number of nitrogen functional groups attached to an aromatic ring is 1. The van der Waals surface area contributed by atoms with Crippen molar-refractivity contribution in [2.24, 2.45) is 0 Å². The molecule has 0 saturated heterocycles. The molecule has 74 valence electrons. The lowest BCUT2D eigenvalue weighted by Crippen LogP contribution is -2.01. The second-order valence-corrected chi connectivity index (χ2v) is 2.91. The minimum Gasteiger partial charge on any atom is -0.382 e. The van der Waals surface area contributed by atoms with Crippen LogP contribution in [0.2, 0.25) is 5.02 Å². The van der Waals surface area contributed by atoms with E-state index in [4.69, 9.17) is 22.6 Å². The summed E-state index contributed by atoms with van der Waals surface area (Å²) >= 11 is 5.55. The molecule has 1 aromatic rings.